The second kappa shape index (κ2) is 6.77. The van der Waals surface area contributed by atoms with Gasteiger partial charge in [0.05, 0.1) is 30.2 Å². The fourth-order valence-corrected chi connectivity index (χ4v) is 3.10. The number of hydrogen-bond acceptors (Lipinski definition) is 4. The molecule has 1 aromatic heterocycles. The summed E-state index contributed by atoms with van der Waals surface area (Å²) in [4.78, 5) is 4.47. The highest BCUT2D eigenvalue weighted by Gasteiger charge is 2.30. The topological polar surface area (TPSA) is 37.7 Å². The van der Waals surface area contributed by atoms with Crippen LogP contribution in [0.3, 0.4) is 0 Å². The summed E-state index contributed by atoms with van der Waals surface area (Å²) in [6, 6.07) is 24.6. The molecule has 1 aliphatic heterocycles. The van der Waals surface area contributed by atoms with Crippen molar-refractivity contribution in [1.29, 1.82) is 0 Å². The van der Waals surface area contributed by atoms with Crippen molar-refractivity contribution < 1.29 is 4.74 Å². The van der Waals surface area contributed by atoms with Crippen molar-refractivity contribution in [2.24, 2.45) is 5.10 Å². The molecule has 0 amide bonds. The Labute approximate surface area is 147 Å². The van der Waals surface area contributed by atoms with Crippen LogP contribution >= 0.6 is 0 Å². The lowest BCUT2D eigenvalue weighted by atomic mass is 10.00. The lowest BCUT2D eigenvalue weighted by Crippen LogP contribution is -2.18. The maximum absolute atomic E-state index is 5.28. The molecule has 0 fully saturated rings. The van der Waals surface area contributed by atoms with Gasteiger partial charge in [0, 0.05) is 12.6 Å². The van der Waals surface area contributed by atoms with Gasteiger partial charge in [-0.05, 0) is 42.0 Å². The van der Waals surface area contributed by atoms with Crippen LogP contribution in [0.25, 0.3) is 0 Å². The highest BCUT2D eigenvalue weighted by atomic mass is 16.5. The third-order valence-electron chi connectivity index (χ3n) is 4.39. The zero-order chi connectivity index (χ0) is 17.1. The fraction of sp³-hybridized carbons (Fsp3) is 0.143. The quantitative estimate of drug-likeness (QED) is 0.710. The van der Waals surface area contributed by atoms with Crippen molar-refractivity contribution in [3.63, 3.8) is 0 Å². The summed E-state index contributed by atoms with van der Waals surface area (Å²) in [6.45, 7) is 0. The molecular formula is C21H19N3O. The number of anilines is 1. The number of aromatic nitrogens is 1. The van der Waals surface area contributed by atoms with Crippen molar-refractivity contribution in [2.45, 2.75) is 12.5 Å². The Hall–Kier alpha value is -3.14. The van der Waals surface area contributed by atoms with E-state index in [4.69, 9.17) is 9.84 Å². The van der Waals surface area contributed by atoms with E-state index in [0.29, 0.717) is 0 Å². The number of pyridine rings is 1. The van der Waals surface area contributed by atoms with Crippen LogP contribution in [0, 0.1) is 0 Å². The van der Waals surface area contributed by atoms with Crippen LogP contribution in [-0.2, 0) is 0 Å². The highest BCUT2D eigenvalue weighted by Crippen LogP contribution is 2.36. The smallest absolute Gasteiger partial charge is 0.118 e. The van der Waals surface area contributed by atoms with Gasteiger partial charge in [-0.1, -0.05) is 36.4 Å². The van der Waals surface area contributed by atoms with Crippen LogP contribution in [0.5, 0.6) is 5.75 Å². The predicted molar refractivity (Wildman–Crippen MR) is 100 cm³/mol. The minimum Gasteiger partial charge on any atom is -0.497 e. The lowest BCUT2D eigenvalue weighted by Gasteiger charge is -2.24. The minimum absolute atomic E-state index is 0.144. The first-order valence-electron chi connectivity index (χ1n) is 8.32. The molecule has 0 saturated heterocycles. The Kier molecular flexibility index (Phi) is 4.17. The van der Waals surface area contributed by atoms with Gasteiger partial charge < -0.3 is 4.74 Å². The lowest BCUT2D eigenvalue weighted by molar-refractivity contribution is 0.414. The molecule has 4 nitrogen and oxygen atoms in total. The predicted octanol–water partition coefficient (Wildman–Crippen LogP) is 4.45. The zero-order valence-electron chi connectivity index (χ0n) is 14.0. The van der Waals surface area contributed by atoms with Crippen LogP contribution < -0.4 is 9.75 Å². The summed E-state index contributed by atoms with van der Waals surface area (Å²) < 4.78 is 5.28. The summed E-state index contributed by atoms with van der Waals surface area (Å²) in [5.74, 6) is 0.860. The van der Waals surface area contributed by atoms with Crippen molar-refractivity contribution in [1.82, 2.24) is 4.98 Å². The molecule has 25 heavy (non-hydrogen) atoms. The zero-order valence-corrected chi connectivity index (χ0v) is 14.0. The Morgan fingerprint density at radius 3 is 2.36 bits per heavy atom. The maximum Gasteiger partial charge on any atom is 0.118 e. The van der Waals surface area contributed by atoms with Crippen LogP contribution in [0.15, 0.2) is 84.1 Å². The molecule has 4 heteroatoms. The van der Waals surface area contributed by atoms with Crippen molar-refractivity contribution >= 4 is 11.4 Å². The molecule has 124 valence electrons. The van der Waals surface area contributed by atoms with Gasteiger partial charge in [0.2, 0.25) is 0 Å². The SMILES string of the molecule is COc1ccc(C2CC(c3ccccn3)=NN2c2ccccc2)cc1. The number of methoxy groups -OCH3 is 1. The third-order valence-corrected chi connectivity index (χ3v) is 4.39. The van der Waals surface area contributed by atoms with Gasteiger partial charge in [0.1, 0.15) is 5.75 Å². The van der Waals surface area contributed by atoms with Gasteiger partial charge in [0.15, 0.2) is 0 Å². The largest absolute Gasteiger partial charge is 0.497 e. The van der Waals surface area contributed by atoms with Crippen LogP contribution in [0.4, 0.5) is 5.69 Å². The first-order chi connectivity index (χ1) is 12.3. The molecule has 4 rings (SSSR count). The molecule has 2 heterocycles. The van der Waals surface area contributed by atoms with Gasteiger partial charge in [-0.2, -0.15) is 5.10 Å². The maximum atomic E-state index is 5.28. The van der Waals surface area contributed by atoms with E-state index in [2.05, 4.69) is 34.3 Å². The van der Waals surface area contributed by atoms with E-state index in [0.717, 1.165) is 29.3 Å². The molecule has 1 unspecified atom stereocenters. The van der Waals surface area contributed by atoms with Gasteiger partial charge in [-0.15, -0.1) is 0 Å². The van der Waals surface area contributed by atoms with Gasteiger partial charge in [0.25, 0.3) is 0 Å². The van der Waals surface area contributed by atoms with Gasteiger partial charge >= 0.3 is 0 Å². The average molecular weight is 329 g/mol. The number of nitrogens with zero attached hydrogens (tertiary/aromatic N) is 3. The molecule has 3 aromatic rings. The summed E-state index contributed by atoms with van der Waals surface area (Å²) in [5, 5.41) is 6.97. The fourth-order valence-electron chi connectivity index (χ4n) is 3.10. The molecule has 0 spiro atoms. The third kappa shape index (κ3) is 3.11. The molecule has 0 bridgehead atoms. The first kappa shape index (κ1) is 15.4. The summed E-state index contributed by atoms with van der Waals surface area (Å²) in [5.41, 5.74) is 4.22. The monoisotopic (exact) mass is 329 g/mol. The van der Waals surface area contributed by atoms with Gasteiger partial charge in [-0.25, -0.2) is 0 Å². The van der Waals surface area contributed by atoms with Crippen LogP contribution in [0.1, 0.15) is 23.7 Å². The molecule has 0 saturated carbocycles. The molecule has 2 aromatic carbocycles. The minimum atomic E-state index is 0.144. The molecular weight excluding hydrogens is 310 g/mol. The average Bonchev–Trinajstić information content (AvgIpc) is 3.15. The van der Waals surface area contributed by atoms with Crippen molar-refractivity contribution in [2.75, 3.05) is 12.1 Å². The number of para-hydroxylation sites is 1. The molecule has 0 N–H and O–H groups in total. The van der Waals surface area contributed by atoms with E-state index in [9.17, 15) is 0 Å². The number of hydrazone groups is 1. The summed E-state index contributed by atoms with van der Waals surface area (Å²) >= 11 is 0. The van der Waals surface area contributed by atoms with Crippen LogP contribution in [0.2, 0.25) is 0 Å². The second-order valence-electron chi connectivity index (χ2n) is 5.93. The normalized spacial score (nSPS) is 16.6. The Morgan fingerprint density at radius 2 is 1.68 bits per heavy atom. The first-order valence-corrected chi connectivity index (χ1v) is 8.32. The van der Waals surface area contributed by atoms with Crippen molar-refractivity contribution in [3.8, 4) is 5.75 Å². The summed E-state index contributed by atoms with van der Waals surface area (Å²) in [7, 11) is 1.68. The van der Waals surface area contributed by atoms with E-state index in [1.807, 2.05) is 54.7 Å². The highest BCUT2D eigenvalue weighted by molar-refractivity contribution is 6.01. The van der Waals surface area contributed by atoms with Gasteiger partial charge in [-0.3, -0.25) is 9.99 Å². The van der Waals surface area contributed by atoms with Crippen molar-refractivity contribution in [3.05, 3.63) is 90.3 Å². The Morgan fingerprint density at radius 1 is 0.920 bits per heavy atom. The second-order valence-corrected chi connectivity index (χ2v) is 5.93. The standard InChI is InChI=1S/C21H19N3O/c1-25-18-12-10-16(11-13-18)21-15-20(19-9-5-6-14-22-19)23-24(21)17-7-3-2-4-8-17/h2-14,21H,15H2,1H3. The molecule has 1 atom stereocenters. The number of rotatable bonds is 4. The number of benzene rings is 2. The van der Waals surface area contributed by atoms with E-state index in [-0.39, 0.29) is 6.04 Å². The van der Waals surface area contributed by atoms with E-state index >= 15 is 0 Å². The molecule has 0 aliphatic carbocycles. The van der Waals surface area contributed by atoms with Crippen LogP contribution in [-0.4, -0.2) is 17.8 Å². The Balaban J connectivity index is 1.72. The Bertz CT molecular complexity index is 861. The molecule has 0 radical (unpaired) electrons. The van der Waals surface area contributed by atoms with E-state index in [1.54, 1.807) is 7.11 Å². The van der Waals surface area contributed by atoms with E-state index in [1.165, 1.54) is 5.56 Å². The van der Waals surface area contributed by atoms with E-state index < -0.39 is 0 Å². The summed E-state index contributed by atoms with van der Waals surface area (Å²) in [6.07, 6.45) is 2.63. The number of ether oxygens (including phenoxy) is 1. The number of hydrogen-bond donors (Lipinski definition) is 0. The molecule has 1 aliphatic rings.